The molecule has 1 rings (SSSR count). The summed E-state index contributed by atoms with van der Waals surface area (Å²) in [6, 6.07) is 8.77. The van der Waals surface area contributed by atoms with Crippen molar-refractivity contribution in [1.82, 2.24) is 4.72 Å². The van der Waals surface area contributed by atoms with Crippen LogP contribution in [0.4, 0.5) is 0 Å². The molecule has 1 atom stereocenters. The minimum Gasteiger partial charge on any atom is -0.480 e. The molecule has 5 nitrogen and oxygen atoms in total. The summed E-state index contributed by atoms with van der Waals surface area (Å²) >= 11 is 0. The summed E-state index contributed by atoms with van der Waals surface area (Å²) < 4.78 is 25.9. The number of sulfonamides is 1. The van der Waals surface area contributed by atoms with Crippen LogP contribution in [0, 0.1) is 5.92 Å². The third kappa shape index (κ3) is 5.85. The maximum atomic E-state index is 11.7. The Morgan fingerprint density at radius 3 is 2.32 bits per heavy atom. The van der Waals surface area contributed by atoms with Crippen molar-refractivity contribution in [1.29, 1.82) is 0 Å². The highest BCUT2D eigenvalue weighted by molar-refractivity contribution is 7.90. The average molecular weight is 285 g/mol. The second kappa shape index (κ2) is 6.68. The summed E-state index contributed by atoms with van der Waals surface area (Å²) in [7, 11) is -3.82. The van der Waals surface area contributed by atoms with Gasteiger partial charge in [0.15, 0.2) is 5.75 Å². The Bertz CT molecular complexity index is 511. The molecule has 2 N–H and O–H groups in total. The number of hydrogen-bond acceptors (Lipinski definition) is 3. The van der Waals surface area contributed by atoms with E-state index in [9.17, 15) is 13.2 Å². The Balaban J connectivity index is 2.90. The molecule has 1 unspecified atom stereocenters. The molecule has 0 spiro atoms. The van der Waals surface area contributed by atoms with Gasteiger partial charge < -0.3 is 5.11 Å². The SMILES string of the molecule is CC(C)CC(NS(=O)(=O)CC(=O)O)c1ccccc1. The highest BCUT2D eigenvalue weighted by atomic mass is 32.2. The molecule has 1 aromatic rings. The average Bonchev–Trinajstić information content (AvgIpc) is 2.26. The van der Waals surface area contributed by atoms with Gasteiger partial charge in [0.1, 0.15) is 0 Å². The van der Waals surface area contributed by atoms with Gasteiger partial charge in [-0.3, -0.25) is 4.79 Å². The number of carbonyl (C=O) groups is 1. The van der Waals surface area contributed by atoms with E-state index in [4.69, 9.17) is 5.11 Å². The number of hydrogen-bond donors (Lipinski definition) is 2. The molecule has 0 aliphatic carbocycles. The van der Waals surface area contributed by atoms with Crippen LogP contribution in [0.25, 0.3) is 0 Å². The third-order valence-electron chi connectivity index (χ3n) is 2.54. The van der Waals surface area contributed by atoms with Crippen LogP contribution in [-0.4, -0.2) is 25.2 Å². The number of carboxylic acid groups (broad SMARTS) is 1. The van der Waals surface area contributed by atoms with Crippen molar-refractivity contribution in [3.05, 3.63) is 35.9 Å². The zero-order valence-electron chi connectivity index (χ0n) is 11.0. The maximum Gasteiger partial charge on any atom is 0.320 e. The maximum absolute atomic E-state index is 11.7. The summed E-state index contributed by atoms with van der Waals surface area (Å²) in [5.41, 5.74) is 0.838. The first-order valence-electron chi connectivity index (χ1n) is 6.07. The molecular weight excluding hydrogens is 266 g/mol. The molecule has 0 heterocycles. The number of carboxylic acids is 1. The van der Waals surface area contributed by atoms with Crippen LogP contribution in [0.2, 0.25) is 0 Å². The molecular formula is C13H19NO4S. The van der Waals surface area contributed by atoms with Crippen LogP contribution in [0.3, 0.4) is 0 Å². The van der Waals surface area contributed by atoms with Crippen LogP contribution in [0.1, 0.15) is 31.9 Å². The standard InChI is InChI=1S/C13H19NO4S/c1-10(2)8-12(11-6-4-3-5-7-11)14-19(17,18)9-13(15)16/h3-7,10,12,14H,8-9H2,1-2H3,(H,15,16). The van der Waals surface area contributed by atoms with Crippen LogP contribution in [-0.2, 0) is 14.8 Å². The highest BCUT2D eigenvalue weighted by Gasteiger charge is 2.22. The lowest BCUT2D eigenvalue weighted by Crippen LogP contribution is -2.34. The summed E-state index contributed by atoms with van der Waals surface area (Å²) in [6.45, 7) is 3.98. The molecule has 0 amide bonds. The van der Waals surface area contributed by atoms with Crippen molar-refractivity contribution >= 4 is 16.0 Å². The minimum absolute atomic E-state index is 0.290. The zero-order valence-corrected chi connectivity index (χ0v) is 11.9. The number of aliphatic carboxylic acids is 1. The van der Waals surface area contributed by atoms with Gasteiger partial charge in [0.05, 0.1) is 0 Å². The first kappa shape index (κ1) is 15.7. The molecule has 1 aromatic carbocycles. The lowest BCUT2D eigenvalue weighted by Gasteiger charge is -2.20. The summed E-state index contributed by atoms with van der Waals surface area (Å²) in [5.74, 6) is -1.98. The molecule has 0 saturated heterocycles. The first-order valence-corrected chi connectivity index (χ1v) is 7.72. The molecule has 6 heteroatoms. The van der Waals surface area contributed by atoms with Gasteiger partial charge in [-0.2, -0.15) is 0 Å². The van der Waals surface area contributed by atoms with Gasteiger partial charge in [-0.05, 0) is 17.9 Å². The molecule has 106 valence electrons. The number of nitrogens with one attached hydrogen (secondary N) is 1. The van der Waals surface area contributed by atoms with Crippen LogP contribution in [0.5, 0.6) is 0 Å². The van der Waals surface area contributed by atoms with E-state index >= 15 is 0 Å². The number of benzene rings is 1. The van der Waals surface area contributed by atoms with E-state index in [1.54, 1.807) is 0 Å². The van der Waals surface area contributed by atoms with Gasteiger partial charge in [0, 0.05) is 6.04 Å². The van der Waals surface area contributed by atoms with Gasteiger partial charge in [-0.25, -0.2) is 13.1 Å². The monoisotopic (exact) mass is 285 g/mol. The summed E-state index contributed by atoms with van der Waals surface area (Å²) in [4.78, 5) is 10.5. The lowest BCUT2D eigenvalue weighted by molar-refractivity contribution is -0.134. The fourth-order valence-electron chi connectivity index (χ4n) is 1.83. The smallest absolute Gasteiger partial charge is 0.320 e. The summed E-state index contributed by atoms with van der Waals surface area (Å²) in [5, 5.41) is 8.60. The summed E-state index contributed by atoms with van der Waals surface area (Å²) in [6.07, 6.45) is 0.614. The van der Waals surface area contributed by atoms with E-state index in [0.29, 0.717) is 6.42 Å². The molecule has 0 aliphatic heterocycles. The van der Waals surface area contributed by atoms with Gasteiger partial charge in [-0.15, -0.1) is 0 Å². The predicted octanol–water partition coefficient (Wildman–Crippen LogP) is 1.78. The van der Waals surface area contributed by atoms with E-state index in [2.05, 4.69) is 4.72 Å². The van der Waals surface area contributed by atoms with Crippen molar-refractivity contribution in [3.8, 4) is 0 Å². The topological polar surface area (TPSA) is 83.5 Å². The van der Waals surface area contributed by atoms with Crippen LogP contribution < -0.4 is 4.72 Å². The third-order valence-corrected chi connectivity index (χ3v) is 3.81. The fourth-order valence-corrected chi connectivity index (χ4v) is 2.90. The number of rotatable bonds is 7. The van der Waals surface area contributed by atoms with Crippen LogP contribution in [0.15, 0.2) is 30.3 Å². The predicted molar refractivity (Wildman–Crippen MR) is 73.2 cm³/mol. The highest BCUT2D eigenvalue weighted by Crippen LogP contribution is 2.21. The van der Waals surface area contributed by atoms with Gasteiger partial charge in [0.25, 0.3) is 0 Å². The minimum atomic E-state index is -3.82. The van der Waals surface area contributed by atoms with Crippen molar-refractivity contribution in [2.45, 2.75) is 26.3 Å². The van der Waals surface area contributed by atoms with Crippen molar-refractivity contribution in [3.63, 3.8) is 0 Å². The normalized spacial score (nSPS) is 13.4. The molecule has 19 heavy (non-hydrogen) atoms. The van der Waals surface area contributed by atoms with Gasteiger partial charge in [-0.1, -0.05) is 44.2 Å². The molecule has 0 aromatic heterocycles. The Morgan fingerprint density at radius 1 is 1.26 bits per heavy atom. The molecule has 0 fully saturated rings. The zero-order chi connectivity index (χ0) is 14.5. The Kier molecular flexibility index (Phi) is 5.50. The molecule has 0 radical (unpaired) electrons. The second-order valence-electron chi connectivity index (χ2n) is 4.86. The van der Waals surface area contributed by atoms with E-state index < -0.39 is 27.8 Å². The van der Waals surface area contributed by atoms with E-state index in [1.807, 2.05) is 44.2 Å². The van der Waals surface area contributed by atoms with Crippen molar-refractivity contribution in [2.75, 3.05) is 5.75 Å². The quantitative estimate of drug-likeness (QED) is 0.800. The van der Waals surface area contributed by atoms with Crippen molar-refractivity contribution in [2.24, 2.45) is 5.92 Å². The Morgan fingerprint density at radius 2 is 1.84 bits per heavy atom. The van der Waals surface area contributed by atoms with Gasteiger partial charge in [0.2, 0.25) is 10.0 Å². The van der Waals surface area contributed by atoms with Crippen molar-refractivity contribution < 1.29 is 18.3 Å². The van der Waals surface area contributed by atoms with E-state index in [1.165, 1.54) is 0 Å². The largest absolute Gasteiger partial charge is 0.480 e. The molecule has 0 saturated carbocycles. The van der Waals surface area contributed by atoms with Crippen LogP contribution >= 0.6 is 0 Å². The molecule has 0 aliphatic rings. The lowest BCUT2D eigenvalue weighted by atomic mass is 9.98. The van der Waals surface area contributed by atoms with E-state index in [0.717, 1.165) is 5.56 Å². The van der Waals surface area contributed by atoms with E-state index in [-0.39, 0.29) is 5.92 Å². The van der Waals surface area contributed by atoms with Gasteiger partial charge >= 0.3 is 5.97 Å². The first-order chi connectivity index (χ1) is 8.80. The Hall–Kier alpha value is -1.40. The fraction of sp³-hybridized carbons (Fsp3) is 0.462. The Labute approximate surface area is 113 Å². The molecule has 0 bridgehead atoms. The second-order valence-corrected chi connectivity index (χ2v) is 6.62.